The SMILES string of the molecule is c1cc(-c2cccc(N(c3ccc(-c4ccc5oc6ccccc6c5c4)cc3)c3ccc(-c4ccc5c6ccccc6c6ccccc6c5c4)cc3)c2)cc(-c2cccc3ccccc23)c1. The van der Waals surface area contributed by atoms with Gasteiger partial charge in [0.2, 0.25) is 0 Å². The van der Waals surface area contributed by atoms with Crippen molar-refractivity contribution < 1.29 is 4.42 Å². The van der Waals surface area contributed by atoms with E-state index in [9.17, 15) is 0 Å². The Labute approximate surface area is 382 Å². The first-order valence-electron chi connectivity index (χ1n) is 22.6. The predicted molar refractivity (Wildman–Crippen MR) is 280 cm³/mol. The second-order valence-electron chi connectivity index (χ2n) is 17.2. The number of para-hydroxylation sites is 1. The number of benzene rings is 12. The molecule has 0 spiro atoms. The van der Waals surface area contributed by atoms with Crippen LogP contribution in [0.5, 0.6) is 0 Å². The first-order chi connectivity index (χ1) is 32.7. The molecule has 0 N–H and O–H groups in total. The summed E-state index contributed by atoms with van der Waals surface area (Å²) in [5, 5.41) is 12.5. The van der Waals surface area contributed by atoms with Gasteiger partial charge in [0.15, 0.2) is 0 Å². The summed E-state index contributed by atoms with van der Waals surface area (Å²) < 4.78 is 6.16. The van der Waals surface area contributed by atoms with E-state index in [2.05, 4.69) is 241 Å². The molecule has 0 saturated heterocycles. The Morgan fingerprint density at radius 1 is 0.227 bits per heavy atom. The lowest BCUT2D eigenvalue weighted by atomic mass is 9.92. The van der Waals surface area contributed by atoms with Crippen molar-refractivity contribution in [3.63, 3.8) is 0 Å². The van der Waals surface area contributed by atoms with Crippen LogP contribution < -0.4 is 4.90 Å². The highest BCUT2D eigenvalue weighted by Crippen LogP contribution is 2.42. The van der Waals surface area contributed by atoms with Crippen LogP contribution in [-0.4, -0.2) is 0 Å². The summed E-state index contributed by atoms with van der Waals surface area (Å²) in [6, 6.07) is 90.4. The molecular formula is C64H41NO. The van der Waals surface area contributed by atoms with E-state index in [1.165, 1.54) is 70.9 Å². The minimum atomic E-state index is 0.902. The summed E-state index contributed by atoms with van der Waals surface area (Å²) in [6.45, 7) is 0. The summed E-state index contributed by atoms with van der Waals surface area (Å²) in [5.74, 6) is 0. The number of rotatable bonds is 7. The third-order valence-corrected chi connectivity index (χ3v) is 13.4. The molecule has 0 atom stereocenters. The number of furan rings is 1. The molecule has 0 aliphatic heterocycles. The molecule has 2 nitrogen and oxygen atoms in total. The normalized spacial score (nSPS) is 11.6. The molecule has 1 aromatic heterocycles. The second kappa shape index (κ2) is 15.5. The molecule has 12 aromatic carbocycles. The van der Waals surface area contributed by atoms with Crippen LogP contribution in [0.25, 0.3) is 110 Å². The molecule has 0 aliphatic carbocycles. The Morgan fingerprint density at radius 2 is 0.682 bits per heavy atom. The molecule has 0 unspecified atom stereocenters. The van der Waals surface area contributed by atoms with Crippen LogP contribution in [-0.2, 0) is 0 Å². The largest absolute Gasteiger partial charge is 0.456 e. The fraction of sp³-hybridized carbons (Fsp3) is 0. The van der Waals surface area contributed by atoms with Gasteiger partial charge in [-0.1, -0.05) is 182 Å². The van der Waals surface area contributed by atoms with E-state index < -0.39 is 0 Å². The molecule has 1 heterocycles. The van der Waals surface area contributed by atoms with Gasteiger partial charge in [0, 0.05) is 27.8 Å². The number of nitrogens with zero attached hydrogens (tertiary/aromatic N) is 1. The maximum atomic E-state index is 6.16. The molecule has 308 valence electrons. The highest BCUT2D eigenvalue weighted by atomic mass is 16.3. The molecule has 66 heavy (non-hydrogen) atoms. The van der Waals surface area contributed by atoms with Crippen LogP contribution in [0, 0.1) is 0 Å². The third-order valence-electron chi connectivity index (χ3n) is 13.4. The minimum absolute atomic E-state index is 0.902. The van der Waals surface area contributed by atoms with Crippen molar-refractivity contribution in [1.29, 1.82) is 0 Å². The van der Waals surface area contributed by atoms with Crippen molar-refractivity contribution in [3.05, 3.63) is 249 Å². The zero-order chi connectivity index (χ0) is 43.6. The van der Waals surface area contributed by atoms with E-state index >= 15 is 0 Å². The Kier molecular flexibility index (Phi) is 8.89. The van der Waals surface area contributed by atoms with Crippen molar-refractivity contribution in [2.24, 2.45) is 0 Å². The molecule has 13 aromatic rings. The molecule has 2 heteroatoms. The van der Waals surface area contributed by atoms with Gasteiger partial charge in [0.05, 0.1) is 0 Å². The Hall–Kier alpha value is -8.72. The van der Waals surface area contributed by atoms with Crippen molar-refractivity contribution >= 4 is 82.1 Å². The van der Waals surface area contributed by atoms with Gasteiger partial charge in [0.25, 0.3) is 0 Å². The van der Waals surface area contributed by atoms with Crippen molar-refractivity contribution in [1.82, 2.24) is 0 Å². The van der Waals surface area contributed by atoms with Gasteiger partial charge in [-0.2, -0.15) is 0 Å². The van der Waals surface area contributed by atoms with E-state index in [1.807, 2.05) is 12.1 Å². The van der Waals surface area contributed by atoms with Gasteiger partial charge in [0.1, 0.15) is 11.2 Å². The standard InChI is InChI=1S/C64H41NO/c1-2-18-53-44(12-1)13-11-24-54(53)49-16-9-14-45(38-49)46-15-10-17-52(39-46)65(51-34-28-43(29-35-51)48-31-37-64-62(41-48)60-23-7-8-25-63(60)66-64)50-32-26-42(27-33-50)47-30-36-59-57-21-4-3-19-55(57)56-20-5-6-22-58(56)61(59)40-47/h1-41H. The van der Waals surface area contributed by atoms with Crippen LogP contribution >= 0.6 is 0 Å². The lowest BCUT2D eigenvalue weighted by Gasteiger charge is -2.26. The third kappa shape index (κ3) is 6.42. The molecule has 0 saturated carbocycles. The van der Waals surface area contributed by atoms with Crippen LogP contribution in [0.1, 0.15) is 0 Å². The highest BCUT2D eigenvalue weighted by Gasteiger charge is 2.17. The summed E-state index contributed by atoms with van der Waals surface area (Å²) in [5.41, 5.74) is 14.5. The average molecular weight is 840 g/mol. The van der Waals surface area contributed by atoms with E-state index in [0.717, 1.165) is 55.7 Å². The molecule has 0 aliphatic rings. The first-order valence-corrected chi connectivity index (χ1v) is 22.6. The van der Waals surface area contributed by atoms with Gasteiger partial charge in [-0.25, -0.2) is 0 Å². The Morgan fingerprint density at radius 3 is 1.38 bits per heavy atom. The van der Waals surface area contributed by atoms with Crippen LogP contribution in [0.15, 0.2) is 253 Å². The summed E-state index contributed by atoms with van der Waals surface area (Å²) in [4.78, 5) is 2.37. The predicted octanol–water partition coefficient (Wildman–Crippen LogP) is 18.3. The van der Waals surface area contributed by atoms with E-state index in [0.29, 0.717) is 0 Å². The van der Waals surface area contributed by atoms with Gasteiger partial charge < -0.3 is 9.32 Å². The lowest BCUT2D eigenvalue weighted by molar-refractivity contribution is 0.669. The summed E-state index contributed by atoms with van der Waals surface area (Å²) in [6.07, 6.45) is 0. The summed E-state index contributed by atoms with van der Waals surface area (Å²) >= 11 is 0. The topological polar surface area (TPSA) is 16.4 Å². The lowest BCUT2D eigenvalue weighted by Crippen LogP contribution is -2.10. The highest BCUT2D eigenvalue weighted by molar-refractivity contribution is 6.25. The molecule has 0 amide bonds. The fourth-order valence-corrected chi connectivity index (χ4v) is 10.2. The monoisotopic (exact) mass is 839 g/mol. The van der Waals surface area contributed by atoms with Gasteiger partial charge in [-0.05, 0) is 154 Å². The van der Waals surface area contributed by atoms with Gasteiger partial charge in [-0.3, -0.25) is 0 Å². The molecule has 0 bridgehead atoms. The maximum Gasteiger partial charge on any atom is 0.135 e. The zero-order valence-electron chi connectivity index (χ0n) is 36.0. The molecule has 13 rings (SSSR count). The van der Waals surface area contributed by atoms with E-state index in [1.54, 1.807) is 0 Å². The summed E-state index contributed by atoms with van der Waals surface area (Å²) in [7, 11) is 0. The Balaban J connectivity index is 0.905. The number of hydrogen-bond acceptors (Lipinski definition) is 2. The molecular weight excluding hydrogens is 799 g/mol. The number of fused-ring (bicyclic) bond motifs is 10. The minimum Gasteiger partial charge on any atom is -0.456 e. The van der Waals surface area contributed by atoms with Gasteiger partial charge >= 0.3 is 0 Å². The van der Waals surface area contributed by atoms with Crippen molar-refractivity contribution in [2.45, 2.75) is 0 Å². The molecule has 0 fully saturated rings. The van der Waals surface area contributed by atoms with E-state index in [4.69, 9.17) is 4.42 Å². The fourth-order valence-electron chi connectivity index (χ4n) is 10.2. The van der Waals surface area contributed by atoms with Crippen LogP contribution in [0.2, 0.25) is 0 Å². The van der Waals surface area contributed by atoms with Crippen molar-refractivity contribution in [3.8, 4) is 44.5 Å². The maximum absolute atomic E-state index is 6.16. The zero-order valence-corrected chi connectivity index (χ0v) is 36.0. The first kappa shape index (κ1) is 37.8. The van der Waals surface area contributed by atoms with Crippen molar-refractivity contribution in [2.75, 3.05) is 4.90 Å². The smallest absolute Gasteiger partial charge is 0.135 e. The van der Waals surface area contributed by atoms with E-state index in [-0.39, 0.29) is 0 Å². The average Bonchev–Trinajstić information content (AvgIpc) is 3.77. The quantitative estimate of drug-likeness (QED) is 0.149. The Bertz CT molecular complexity index is 3950. The number of anilines is 3. The molecule has 0 radical (unpaired) electrons. The van der Waals surface area contributed by atoms with Crippen LogP contribution in [0.4, 0.5) is 17.1 Å². The van der Waals surface area contributed by atoms with Crippen LogP contribution in [0.3, 0.4) is 0 Å². The van der Waals surface area contributed by atoms with Gasteiger partial charge in [-0.15, -0.1) is 0 Å². The number of hydrogen-bond donors (Lipinski definition) is 0. The second-order valence-corrected chi connectivity index (χ2v) is 17.2.